The molecule has 1 aliphatic rings. The molecule has 30 heavy (non-hydrogen) atoms. The smallest absolute Gasteiger partial charge is 0.328 e. The lowest BCUT2D eigenvalue weighted by molar-refractivity contribution is 0.285. The summed E-state index contributed by atoms with van der Waals surface area (Å²) in [5.74, 6) is 0.581. The van der Waals surface area contributed by atoms with E-state index in [-0.39, 0.29) is 5.82 Å². The highest BCUT2D eigenvalue weighted by Gasteiger charge is 2.22. The average molecular weight is 416 g/mol. The fourth-order valence-corrected chi connectivity index (χ4v) is 3.12. The summed E-state index contributed by atoms with van der Waals surface area (Å²) >= 11 is 0. The zero-order chi connectivity index (χ0) is 21.3. The standard InChI is InChI=1S/C22H29FN4O3/c23-19-7-6-16(13-20(19)30-15-17-4-5-17)8-10-25-18(14-24)3-1-2-11-27-12-9-21(28)26-22(27)29/h6-7,9,12-14,17,25H,1-5,8,10-11,15,24H2,(H,26,28,29)/b18-14-. The van der Waals surface area contributed by atoms with Gasteiger partial charge in [-0.25, -0.2) is 9.18 Å². The van der Waals surface area contributed by atoms with Crippen molar-refractivity contribution >= 4 is 0 Å². The van der Waals surface area contributed by atoms with Crippen LogP contribution >= 0.6 is 0 Å². The minimum atomic E-state index is -0.394. The van der Waals surface area contributed by atoms with Gasteiger partial charge in [0.1, 0.15) is 0 Å². The van der Waals surface area contributed by atoms with Gasteiger partial charge in [-0.05, 0) is 62.1 Å². The van der Waals surface area contributed by atoms with Gasteiger partial charge in [0.25, 0.3) is 5.56 Å². The number of unbranched alkanes of at least 4 members (excludes halogenated alkanes) is 1. The number of allylic oxidation sites excluding steroid dienone is 1. The van der Waals surface area contributed by atoms with Crippen LogP contribution in [0, 0.1) is 11.7 Å². The average Bonchev–Trinajstić information content (AvgIpc) is 3.55. The molecule has 1 saturated carbocycles. The van der Waals surface area contributed by atoms with Crippen LogP contribution in [0.1, 0.15) is 37.7 Å². The quantitative estimate of drug-likeness (QED) is 0.461. The molecule has 8 heteroatoms. The monoisotopic (exact) mass is 416 g/mol. The van der Waals surface area contributed by atoms with Crippen molar-refractivity contribution in [2.24, 2.45) is 11.7 Å². The maximum absolute atomic E-state index is 13.9. The van der Waals surface area contributed by atoms with Gasteiger partial charge < -0.3 is 20.4 Å². The van der Waals surface area contributed by atoms with Gasteiger partial charge in [0.15, 0.2) is 11.6 Å². The first-order valence-corrected chi connectivity index (χ1v) is 10.4. The van der Waals surface area contributed by atoms with E-state index < -0.39 is 11.2 Å². The second kappa shape index (κ2) is 10.7. The van der Waals surface area contributed by atoms with Gasteiger partial charge in [-0.2, -0.15) is 0 Å². The number of aromatic amines is 1. The highest BCUT2D eigenvalue weighted by atomic mass is 19.1. The van der Waals surface area contributed by atoms with Crippen molar-refractivity contribution in [1.82, 2.24) is 14.9 Å². The number of hydrogen-bond acceptors (Lipinski definition) is 5. The SMILES string of the molecule is N/C=C(/CCCCn1ccc(=O)[nH]c1=O)NCCc1ccc(F)c(OCC2CC2)c1. The highest BCUT2D eigenvalue weighted by Crippen LogP contribution is 2.30. The second-order valence-electron chi connectivity index (χ2n) is 7.65. The van der Waals surface area contributed by atoms with Crippen LogP contribution in [0.5, 0.6) is 5.75 Å². The third kappa shape index (κ3) is 6.79. The summed E-state index contributed by atoms with van der Waals surface area (Å²) in [5.41, 5.74) is 6.86. The minimum Gasteiger partial charge on any atom is -0.490 e. The Kier molecular flexibility index (Phi) is 7.70. The molecule has 0 bridgehead atoms. The zero-order valence-electron chi connectivity index (χ0n) is 17.0. The summed E-state index contributed by atoms with van der Waals surface area (Å²) in [5, 5.41) is 3.32. The van der Waals surface area contributed by atoms with Crippen LogP contribution in [0.15, 0.2) is 51.9 Å². The molecule has 1 heterocycles. The van der Waals surface area contributed by atoms with Crippen molar-refractivity contribution < 1.29 is 9.13 Å². The molecule has 7 nitrogen and oxygen atoms in total. The first kappa shape index (κ1) is 21.7. The third-order valence-corrected chi connectivity index (χ3v) is 5.13. The zero-order valence-corrected chi connectivity index (χ0v) is 17.0. The third-order valence-electron chi connectivity index (χ3n) is 5.13. The maximum Gasteiger partial charge on any atom is 0.328 e. The first-order chi connectivity index (χ1) is 14.5. The van der Waals surface area contributed by atoms with Crippen molar-refractivity contribution in [3.63, 3.8) is 0 Å². The Bertz CT molecular complexity index is 979. The summed E-state index contributed by atoms with van der Waals surface area (Å²) in [4.78, 5) is 25.0. The van der Waals surface area contributed by atoms with E-state index in [1.54, 1.807) is 18.3 Å². The molecule has 1 aliphatic carbocycles. The second-order valence-corrected chi connectivity index (χ2v) is 7.65. The Morgan fingerprint density at radius 1 is 1.30 bits per heavy atom. The number of nitrogens with two attached hydrogens (primary N) is 1. The Hall–Kier alpha value is -3.03. The Balaban J connectivity index is 1.38. The number of aromatic nitrogens is 2. The number of hydrogen-bond donors (Lipinski definition) is 3. The molecule has 3 rings (SSSR count). The van der Waals surface area contributed by atoms with Crippen molar-refractivity contribution in [1.29, 1.82) is 0 Å². The summed E-state index contributed by atoms with van der Waals surface area (Å²) in [7, 11) is 0. The van der Waals surface area contributed by atoms with Crippen LogP contribution in [-0.2, 0) is 13.0 Å². The number of nitrogens with zero attached hydrogens (tertiary/aromatic N) is 1. The first-order valence-electron chi connectivity index (χ1n) is 10.4. The number of benzene rings is 1. The van der Waals surface area contributed by atoms with E-state index >= 15 is 0 Å². The molecule has 0 unspecified atom stereocenters. The van der Waals surface area contributed by atoms with Crippen molar-refractivity contribution in [3.8, 4) is 5.75 Å². The predicted octanol–water partition coefficient (Wildman–Crippen LogP) is 2.27. The molecule has 0 saturated heterocycles. The minimum absolute atomic E-state index is 0.323. The lowest BCUT2D eigenvalue weighted by Crippen LogP contribution is -2.28. The lowest BCUT2D eigenvalue weighted by atomic mass is 10.1. The van der Waals surface area contributed by atoms with Gasteiger partial charge >= 0.3 is 5.69 Å². The van der Waals surface area contributed by atoms with E-state index in [4.69, 9.17) is 10.5 Å². The van der Waals surface area contributed by atoms with Crippen LogP contribution in [-0.4, -0.2) is 22.7 Å². The van der Waals surface area contributed by atoms with E-state index in [2.05, 4.69) is 10.3 Å². The molecular formula is C22H29FN4O3. The molecule has 0 radical (unpaired) electrons. The van der Waals surface area contributed by atoms with Gasteiger partial charge in [-0.3, -0.25) is 9.78 Å². The normalized spacial score (nSPS) is 14.0. The molecule has 0 spiro atoms. The fraction of sp³-hybridized carbons (Fsp3) is 0.455. The number of H-pyrrole nitrogens is 1. The molecule has 0 amide bonds. The summed E-state index contributed by atoms with van der Waals surface area (Å²) in [6, 6.07) is 6.34. The van der Waals surface area contributed by atoms with E-state index in [9.17, 15) is 14.0 Å². The van der Waals surface area contributed by atoms with E-state index in [0.29, 0.717) is 31.4 Å². The molecule has 1 aromatic heterocycles. The molecule has 2 aromatic rings. The number of nitrogens with one attached hydrogen (secondary N) is 2. The number of rotatable bonds is 12. The molecule has 4 N–H and O–H groups in total. The van der Waals surface area contributed by atoms with E-state index in [1.807, 2.05) is 0 Å². The summed E-state index contributed by atoms with van der Waals surface area (Å²) in [6.45, 7) is 1.80. The van der Waals surface area contributed by atoms with Crippen LogP contribution < -0.4 is 27.0 Å². The molecule has 1 fully saturated rings. The summed E-state index contributed by atoms with van der Waals surface area (Å²) < 4.78 is 21.0. The topological polar surface area (TPSA) is 102 Å². The maximum atomic E-state index is 13.9. The van der Waals surface area contributed by atoms with Crippen molar-refractivity contribution in [2.45, 2.75) is 45.1 Å². The largest absolute Gasteiger partial charge is 0.490 e. The van der Waals surface area contributed by atoms with Gasteiger partial charge in [0.05, 0.1) is 6.61 Å². The van der Waals surface area contributed by atoms with Gasteiger partial charge in [0.2, 0.25) is 0 Å². The molecule has 1 aromatic carbocycles. The van der Waals surface area contributed by atoms with Crippen LogP contribution in [0.3, 0.4) is 0 Å². The predicted molar refractivity (Wildman–Crippen MR) is 114 cm³/mol. The van der Waals surface area contributed by atoms with Crippen molar-refractivity contribution in [3.05, 3.63) is 74.6 Å². The Labute approximate surface area is 174 Å². The van der Waals surface area contributed by atoms with Crippen LogP contribution in [0.25, 0.3) is 0 Å². The van der Waals surface area contributed by atoms with Crippen LogP contribution in [0.2, 0.25) is 0 Å². The molecular weight excluding hydrogens is 387 g/mol. The summed E-state index contributed by atoms with van der Waals surface area (Å²) in [6.07, 6.45) is 8.51. The molecule has 162 valence electrons. The van der Waals surface area contributed by atoms with Gasteiger partial charge in [0, 0.05) is 37.2 Å². The molecule has 0 aliphatic heterocycles. The highest BCUT2D eigenvalue weighted by molar-refractivity contribution is 5.30. The van der Waals surface area contributed by atoms with Crippen molar-refractivity contribution in [2.75, 3.05) is 13.2 Å². The van der Waals surface area contributed by atoms with E-state index in [1.165, 1.54) is 35.7 Å². The molecule has 0 atom stereocenters. The number of aryl methyl sites for hydroxylation is 1. The fourth-order valence-electron chi connectivity index (χ4n) is 3.12. The van der Waals surface area contributed by atoms with Gasteiger partial charge in [-0.15, -0.1) is 0 Å². The Morgan fingerprint density at radius 3 is 2.87 bits per heavy atom. The van der Waals surface area contributed by atoms with Gasteiger partial charge in [-0.1, -0.05) is 6.07 Å². The van der Waals surface area contributed by atoms with Crippen LogP contribution in [0.4, 0.5) is 4.39 Å². The Morgan fingerprint density at radius 2 is 2.13 bits per heavy atom. The number of halogens is 1. The number of ether oxygens (including phenoxy) is 1. The lowest BCUT2D eigenvalue weighted by Gasteiger charge is -2.12. The van der Waals surface area contributed by atoms with E-state index in [0.717, 1.165) is 36.9 Å².